The van der Waals surface area contributed by atoms with Gasteiger partial charge in [0.05, 0.1) is 6.42 Å². The van der Waals surface area contributed by atoms with E-state index in [4.69, 9.17) is 0 Å². The van der Waals surface area contributed by atoms with Crippen LogP contribution in [0.5, 0.6) is 0 Å². The van der Waals surface area contributed by atoms with Crippen LogP contribution in [-0.4, -0.2) is 23.8 Å². The van der Waals surface area contributed by atoms with Crippen molar-refractivity contribution in [3.8, 4) is 0 Å². The van der Waals surface area contributed by atoms with Gasteiger partial charge in [0.15, 0.2) is 0 Å². The average molecular weight is 336 g/mol. The van der Waals surface area contributed by atoms with E-state index in [2.05, 4.69) is 31.5 Å². The number of hydrogen-bond acceptors (Lipinski definition) is 2. The quantitative estimate of drug-likeness (QED) is 0.802. The second kappa shape index (κ2) is 6.38. The molecule has 0 atom stereocenters. The maximum Gasteiger partial charge on any atom is 0.272 e. The highest BCUT2D eigenvalue weighted by atomic mass is 79.9. The fourth-order valence-corrected chi connectivity index (χ4v) is 2.09. The zero-order valence-corrected chi connectivity index (χ0v) is 12.5. The molecule has 104 valence electrons. The Hall–Kier alpha value is -2.08. The number of anilines is 1. The van der Waals surface area contributed by atoms with Gasteiger partial charge < -0.3 is 15.6 Å². The number of aromatic amines is 1. The molecule has 0 bridgehead atoms. The number of H-pyrrole nitrogens is 1. The number of para-hydroxylation sites is 1. The summed E-state index contributed by atoms with van der Waals surface area (Å²) in [6.07, 6.45) is 1.91. The summed E-state index contributed by atoms with van der Waals surface area (Å²) in [4.78, 5) is 26.4. The third-order valence-corrected chi connectivity index (χ3v) is 3.25. The van der Waals surface area contributed by atoms with Crippen molar-refractivity contribution in [2.75, 3.05) is 12.4 Å². The number of aromatic nitrogens is 1. The fraction of sp³-hybridized carbons (Fsp3) is 0.143. The molecule has 0 radical (unpaired) electrons. The van der Waals surface area contributed by atoms with Crippen molar-refractivity contribution in [3.63, 3.8) is 0 Å². The van der Waals surface area contributed by atoms with E-state index >= 15 is 0 Å². The van der Waals surface area contributed by atoms with E-state index in [0.717, 1.165) is 10.0 Å². The molecule has 2 rings (SSSR count). The van der Waals surface area contributed by atoms with Crippen LogP contribution in [0, 0.1) is 0 Å². The van der Waals surface area contributed by atoms with Gasteiger partial charge in [-0.25, -0.2) is 0 Å². The molecule has 0 spiro atoms. The van der Waals surface area contributed by atoms with E-state index < -0.39 is 0 Å². The number of halogens is 1. The van der Waals surface area contributed by atoms with Crippen LogP contribution in [-0.2, 0) is 11.2 Å². The highest BCUT2D eigenvalue weighted by Gasteiger charge is 2.12. The van der Waals surface area contributed by atoms with Gasteiger partial charge in [0.2, 0.25) is 5.91 Å². The molecular weight excluding hydrogens is 322 g/mol. The summed E-state index contributed by atoms with van der Waals surface area (Å²) in [6.45, 7) is 0. The Labute approximate surface area is 124 Å². The van der Waals surface area contributed by atoms with Gasteiger partial charge in [-0.3, -0.25) is 9.59 Å². The number of hydrogen-bond donors (Lipinski definition) is 3. The van der Waals surface area contributed by atoms with E-state index in [9.17, 15) is 9.59 Å². The highest BCUT2D eigenvalue weighted by molar-refractivity contribution is 9.10. The summed E-state index contributed by atoms with van der Waals surface area (Å²) in [6, 6.07) is 8.92. The van der Waals surface area contributed by atoms with Crippen molar-refractivity contribution in [1.29, 1.82) is 0 Å². The lowest BCUT2D eigenvalue weighted by Gasteiger charge is -2.09. The molecule has 0 unspecified atom stereocenters. The van der Waals surface area contributed by atoms with Gasteiger partial charge in [-0.05, 0) is 33.6 Å². The molecule has 3 N–H and O–H groups in total. The van der Waals surface area contributed by atoms with Crippen molar-refractivity contribution in [1.82, 2.24) is 10.3 Å². The van der Waals surface area contributed by atoms with Gasteiger partial charge in [0.25, 0.3) is 5.91 Å². The van der Waals surface area contributed by atoms with Crippen molar-refractivity contribution in [3.05, 3.63) is 52.3 Å². The van der Waals surface area contributed by atoms with Gasteiger partial charge in [-0.15, -0.1) is 0 Å². The minimum absolute atomic E-state index is 0.102. The van der Waals surface area contributed by atoms with Crippen LogP contribution < -0.4 is 10.6 Å². The third kappa shape index (κ3) is 3.48. The molecule has 0 saturated carbocycles. The first-order valence-electron chi connectivity index (χ1n) is 6.04. The molecular formula is C14H14BrN3O2. The number of rotatable bonds is 4. The zero-order valence-electron chi connectivity index (χ0n) is 10.9. The van der Waals surface area contributed by atoms with Crippen LogP contribution in [0.2, 0.25) is 0 Å². The van der Waals surface area contributed by atoms with E-state index in [1.807, 2.05) is 18.2 Å². The molecule has 0 fully saturated rings. The molecule has 5 nitrogen and oxygen atoms in total. The number of carbonyl (C=O) groups is 2. The first kappa shape index (κ1) is 14.3. The standard InChI is InChI=1S/C14H14BrN3O2/c1-16-13(19)6-9-4-2-3-5-11(9)18-14(20)12-7-10(15)8-17-12/h2-5,7-8,17H,6H2,1H3,(H,16,19)(H,18,20). The Morgan fingerprint density at radius 1 is 1.30 bits per heavy atom. The Balaban J connectivity index is 2.16. The molecule has 0 saturated heterocycles. The Morgan fingerprint density at radius 2 is 2.05 bits per heavy atom. The molecule has 1 aromatic carbocycles. The number of amides is 2. The lowest BCUT2D eigenvalue weighted by atomic mass is 10.1. The summed E-state index contributed by atoms with van der Waals surface area (Å²) in [7, 11) is 1.58. The smallest absolute Gasteiger partial charge is 0.272 e. The van der Waals surface area contributed by atoms with Crippen molar-refractivity contribution in [2.45, 2.75) is 6.42 Å². The van der Waals surface area contributed by atoms with Gasteiger partial charge >= 0.3 is 0 Å². The average Bonchev–Trinajstić information content (AvgIpc) is 2.87. The monoisotopic (exact) mass is 335 g/mol. The minimum Gasteiger partial charge on any atom is -0.359 e. The molecule has 1 heterocycles. The van der Waals surface area contributed by atoms with Crippen LogP contribution in [0.15, 0.2) is 41.0 Å². The summed E-state index contributed by atoms with van der Waals surface area (Å²) in [5, 5.41) is 5.36. The molecule has 0 aliphatic carbocycles. The SMILES string of the molecule is CNC(=O)Cc1ccccc1NC(=O)c1cc(Br)c[nH]1. The number of nitrogens with one attached hydrogen (secondary N) is 3. The summed E-state index contributed by atoms with van der Waals surface area (Å²) >= 11 is 3.28. The lowest BCUT2D eigenvalue weighted by molar-refractivity contribution is -0.119. The Kier molecular flexibility index (Phi) is 4.57. The molecule has 6 heteroatoms. The predicted molar refractivity (Wildman–Crippen MR) is 80.7 cm³/mol. The predicted octanol–water partition coefficient (Wildman–Crippen LogP) is 2.32. The molecule has 0 aliphatic rings. The van der Waals surface area contributed by atoms with E-state index in [-0.39, 0.29) is 18.2 Å². The van der Waals surface area contributed by atoms with Crippen molar-refractivity contribution < 1.29 is 9.59 Å². The van der Waals surface area contributed by atoms with Gasteiger partial charge in [-0.2, -0.15) is 0 Å². The fourth-order valence-electron chi connectivity index (χ4n) is 1.75. The van der Waals surface area contributed by atoms with Crippen LogP contribution in [0.3, 0.4) is 0 Å². The van der Waals surface area contributed by atoms with Gasteiger partial charge in [0, 0.05) is 23.4 Å². The van der Waals surface area contributed by atoms with Crippen LogP contribution in [0.1, 0.15) is 16.1 Å². The number of likely N-dealkylation sites (N-methyl/N-ethyl adjacent to an activating group) is 1. The summed E-state index contributed by atoms with van der Waals surface area (Å²) < 4.78 is 0.807. The van der Waals surface area contributed by atoms with E-state index in [0.29, 0.717) is 11.4 Å². The normalized spacial score (nSPS) is 10.1. The molecule has 20 heavy (non-hydrogen) atoms. The number of benzene rings is 1. The van der Waals surface area contributed by atoms with Crippen molar-refractivity contribution in [2.24, 2.45) is 0 Å². The first-order valence-corrected chi connectivity index (χ1v) is 6.83. The minimum atomic E-state index is -0.250. The highest BCUT2D eigenvalue weighted by Crippen LogP contribution is 2.18. The maximum absolute atomic E-state index is 12.1. The van der Waals surface area contributed by atoms with Crippen LogP contribution in [0.25, 0.3) is 0 Å². The molecule has 2 aromatic rings. The third-order valence-electron chi connectivity index (χ3n) is 2.79. The van der Waals surface area contributed by atoms with E-state index in [1.54, 1.807) is 25.4 Å². The van der Waals surface area contributed by atoms with Gasteiger partial charge in [0.1, 0.15) is 5.69 Å². The molecule has 1 aromatic heterocycles. The Morgan fingerprint density at radius 3 is 2.70 bits per heavy atom. The van der Waals surface area contributed by atoms with Crippen LogP contribution in [0.4, 0.5) is 5.69 Å². The maximum atomic E-state index is 12.1. The van der Waals surface area contributed by atoms with Gasteiger partial charge in [-0.1, -0.05) is 18.2 Å². The van der Waals surface area contributed by atoms with Crippen molar-refractivity contribution >= 4 is 33.4 Å². The molecule has 0 aliphatic heterocycles. The summed E-state index contributed by atoms with van der Waals surface area (Å²) in [5.41, 5.74) is 1.85. The second-order valence-electron chi connectivity index (χ2n) is 4.19. The summed E-state index contributed by atoms with van der Waals surface area (Å²) in [5.74, 6) is -0.352. The largest absolute Gasteiger partial charge is 0.359 e. The van der Waals surface area contributed by atoms with E-state index in [1.165, 1.54) is 0 Å². The first-order chi connectivity index (χ1) is 9.60. The lowest BCUT2D eigenvalue weighted by Crippen LogP contribution is -2.21. The number of carbonyl (C=O) groups excluding carboxylic acids is 2. The zero-order chi connectivity index (χ0) is 14.5. The van der Waals surface area contributed by atoms with Crippen LogP contribution >= 0.6 is 15.9 Å². The Bertz CT molecular complexity index is 637. The topological polar surface area (TPSA) is 74.0 Å². The second-order valence-corrected chi connectivity index (χ2v) is 5.11. The molecule has 2 amide bonds.